The first kappa shape index (κ1) is 42.4. The van der Waals surface area contributed by atoms with Gasteiger partial charge in [-0.3, -0.25) is 43.8 Å². The minimum absolute atomic E-state index is 0.0108. The Morgan fingerprint density at radius 2 is 1.68 bits per heavy atom. The number of nitrogens with zero attached hydrogens (tertiary/aromatic N) is 7. The summed E-state index contributed by atoms with van der Waals surface area (Å²) in [6.45, 7) is 5.72. The van der Waals surface area contributed by atoms with Crippen LogP contribution in [0, 0.1) is 11.7 Å². The molecular formula is C43H47FN10O7S2. The van der Waals surface area contributed by atoms with Crippen molar-refractivity contribution in [3.8, 4) is 21.8 Å². The van der Waals surface area contributed by atoms with Crippen LogP contribution < -0.4 is 20.7 Å². The molecule has 5 aliphatic heterocycles. The number of piperidine rings is 3. The zero-order valence-electron chi connectivity index (χ0n) is 34.6. The summed E-state index contributed by atoms with van der Waals surface area (Å²) in [6.07, 6.45) is 5.17. The zero-order chi connectivity index (χ0) is 44.2. The summed E-state index contributed by atoms with van der Waals surface area (Å²) in [5.74, 6) is -2.86. The predicted octanol–water partition coefficient (Wildman–Crippen LogP) is 3.85. The molecule has 0 aliphatic carbocycles. The molecular weight excluding hydrogens is 852 g/mol. The molecule has 63 heavy (non-hydrogen) atoms. The van der Waals surface area contributed by atoms with Crippen LogP contribution in [-0.2, 0) is 24.4 Å². The zero-order valence-corrected chi connectivity index (χ0v) is 36.2. The Bertz CT molecular complexity index is 2620. The molecule has 4 aromatic rings. The Morgan fingerprint density at radius 1 is 0.937 bits per heavy atom. The van der Waals surface area contributed by atoms with E-state index < -0.39 is 45.5 Å². The summed E-state index contributed by atoms with van der Waals surface area (Å²) in [4.78, 5) is 85.8. The van der Waals surface area contributed by atoms with Gasteiger partial charge in [0.2, 0.25) is 33.7 Å². The van der Waals surface area contributed by atoms with Gasteiger partial charge in [-0.05, 0) is 74.9 Å². The lowest BCUT2D eigenvalue weighted by molar-refractivity contribution is -0.143. The second-order valence-corrected chi connectivity index (χ2v) is 19.6. The molecule has 20 heteroatoms. The van der Waals surface area contributed by atoms with Crippen LogP contribution in [0.2, 0.25) is 0 Å². The lowest BCUT2D eigenvalue weighted by Crippen LogP contribution is -2.60. The van der Waals surface area contributed by atoms with Gasteiger partial charge in [-0.2, -0.15) is 0 Å². The van der Waals surface area contributed by atoms with Gasteiger partial charge in [0.15, 0.2) is 5.82 Å². The number of aromatic nitrogens is 3. The van der Waals surface area contributed by atoms with E-state index in [1.54, 1.807) is 37.3 Å². The number of nitrogen functional groups attached to an aromatic ring is 1. The number of sulfonamides is 1. The van der Waals surface area contributed by atoms with Gasteiger partial charge in [-0.15, -0.1) is 11.3 Å². The normalized spacial score (nSPS) is 20.5. The highest BCUT2D eigenvalue weighted by Gasteiger charge is 2.45. The number of hydrogen-bond acceptors (Lipinski definition) is 14. The summed E-state index contributed by atoms with van der Waals surface area (Å²) < 4.78 is 43.5. The largest absolute Gasteiger partial charge is 0.371 e. The van der Waals surface area contributed by atoms with Gasteiger partial charge in [0.1, 0.15) is 6.04 Å². The minimum atomic E-state index is -3.75. The molecule has 4 saturated heterocycles. The van der Waals surface area contributed by atoms with E-state index in [-0.39, 0.29) is 64.7 Å². The molecule has 17 nitrogen and oxygen atoms in total. The van der Waals surface area contributed by atoms with Crippen molar-refractivity contribution in [2.24, 2.45) is 5.92 Å². The minimum Gasteiger partial charge on any atom is -0.371 e. The third-order valence-corrected chi connectivity index (χ3v) is 15.4. The van der Waals surface area contributed by atoms with E-state index in [1.165, 1.54) is 23.6 Å². The number of amides is 5. The Balaban J connectivity index is 0.795. The molecule has 2 aromatic carbocycles. The first-order valence-corrected chi connectivity index (χ1v) is 23.8. The molecule has 1 atom stereocenters. The van der Waals surface area contributed by atoms with Crippen LogP contribution in [0.4, 0.5) is 21.7 Å². The number of carbonyl (C=O) groups is 5. The van der Waals surface area contributed by atoms with E-state index in [2.05, 4.69) is 29.8 Å². The first-order valence-electron chi connectivity index (χ1n) is 21.3. The monoisotopic (exact) mass is 898 g/mol. The van der Waals surface area contributed by atoms with E-state index in [9.17, 15) is 32.4 Å². The molecule has 5 aliphatic rings. The topological polar surface area (TPSA) is 221 Å². The van der Waals surface area contributed by atoms with Crippen molar-refractivity contribution >= 4 is 68.2 Å². The molecule has 0 spiro atoms. The van der Waals surface area contributed by atoms with Gasteiger partial charge in [-0.1, -0.05) is 13.0 Å². The number of likely N-dealkylation sites (tertiary alicyclic amines) is 2. The summed E-state index contributed by atoms with van der Waals surface area (Å²) in [7, 11) is -3.75. The standard InChI is InChI=1S/C43H47FN10O7S2/c1-2-20-63(60,61)50-31-5-3-4-29(35(31)44)36-37(32-10-15-46-43(45)47-32)62-39(49-36)24-11-16-52(17-12-24)40(57)25-22-53(23-25)26-13-18-51(19-14-26)27-6-7-28-30(21-27)42(59)54(41(28)58)33-8-9-34(55)48-38(33)56/h3-7,10,15,21,24-26,33,50H,2,8-9,11-14,16-20,22-23H2,1H3,(H2,45,46,47)(H,48,55,56)/t33-/m1/s1. The number of hydrogen-bond donors (Lipinski definition) is 3. The molecule has 2 aromatic heterocycles. The molecule has 9 rings (SSSR count). The number of halogens is 1. The highest BCUT2D eigenvalue weighted by atomic mass is 32.2. The molecule has 330 valence electrons. The Labute approximate surface area is 367 Å². The number of nitrogens with one attached hydrogen (secondary N) is 2. The summed E-state index contributed by atoms with van der Waals surface area (Å²) >= 11 is 1.39. The molecule has 0 unspecified atom stereocenters. The SMILES string of the molecule is CCCS(=O)(=O)Nc1cccc(-c2nc(C3CCN(C(=O)C4CN(C5CCN(c6ccc7c(c6)C(=O)N([C@@H]6CCC(=O)NC6=O)C7=O)CC5)C4)CC3)sc2-c2ccnc(N)n2)c1F. The van der Waals surface area contributed by atoms with Crippen molar-refractivity contribution in [3.63, 3.8) is 0 Å². The maximum Gasteiger partial charge on any atom is 0.262 e. The highest BCUT2D eigenvalue weighted by Crippen LogP contribution is 2.43. The van der Waals surface area contributed by atoms with Crippen LogP contribution in [0.25, 0.3) is 21.8 Å². The van der Waals surface area contributed by atoms with Crippen molar-refractivity contribution in [2.45, 2.75) is 69.9 Å². The van der Waals surface area contributed by atoms with Gasteiger partial charge in [-0.25, -0.2) is 27.8 Å². The van der Waals surface area contributed by atoms with Gasteiger partial charge < -0.3 is 15.5 Å². The van der Waals surface area contributed by atoms with Gasteiger partial charge in [0, 0.05) is 75.1 Å². The highest BCUT2D eigenvalue weighted by molar-refractivity contribution is 7.92. The van der Waals surface area contributed by atoms with Crippen LogP contribution in [0.1, 0.15) is 83.5 Å². The second-order valence-electron chi connectivity index (χ2n) is 16.8. The fourth-order valence-electron chi connectivity index (χ4n) is 9.37. The maximum atomic E-state index is 16.1. The number of rotatable bonds is 11. The Hall–Kier alpha value is -5.86. The molecule has 5 amide bonds. The van der Waals surface area contributed by atoms with Crippen molar-refractivity contribution < 1.29 is 36.8 Å². The lowest BCUT2D eigenvalue weighted by atomic mass is 9.90. The molecule has 0 saturated carbocycles. The molecule has 4 N–H and O–H groups in total. The van der Waals surface area contributed by atoms with Gasteiger partial charge in [0.25, 0.3) is 11.8 Å². The lowest BCUT2D eigenvalue weighted by Gasteiger charge is -2.48. The average Bonchev–Trinajstić information content (AvgIpc) is 3.80. The number of nitrogens with two attached hydrogens (primary N) is 1. The van der Waals surface area contributed by atoms with Gasteiger partial charge >= 0.3 is 0 Å². The van der Waals surface area contributed by atoms with Crippen molar-refractivity contribution in [1.29, 1.82) is 0 Å². The predicted molar refractivity (Wildman–Crippen MR) is 233 cm³/mol. The molecule has 0 radical (unpaired) electrons. The fourth-order valence-corrected chi connectivity index (χ4v) is 11.7. The summed E-state index contributed by atoms with van der Waals surface area (Å²) in [5.41, 5.74) is 8.06. The van der Waals surface area contributed by atoms with E-state index >= 15 is 4.39 Å². The van der Waals surface area contributed by atoms with Gasteiger partial charge in [0.05, 0.1) is 49.8 Å². The maximum absolute atomic E-state index is 16.1. The number of anilines is 3. The van der Waals surface area contributed by atoms with Crippen molar-refractivity contribution in [1.82, 2.24) is 35.0 Å². The van der Waals surface area contributed by atoms with Crippen LogP contribution >= 0.6 is 11.3 Å². The van der Waals surface area contributed by atoms with E-state index in [0.29, 0.717) is 67.7 Å². The van der Waals surface area contributed by atoms with Crippen molar-refractivity contribution in [2.75, 3.05) is 60.4 Å². The third kappa shape index (κ3) is 8.26. The van der Waals surface area contributed by atoms with E-state index in [4.69, 9.17) is 10.7 Å². The second kappa shape index (κ2) is 17.0. The van der Waals surface area contributed by atoms with Crippen molar-refractivity contribution in [3.05, 3.63) is 70.6 Å². The van der Waals surface area contributed by atoms with E-state index in [0.717, 1.165) is 41.5 Å². The number of imide groups is 2. The van der Waals surface area contributed by atoms with Crippen LogP contribution in [-0.4, -0.2) is 125 Å². The third-order valence-electron chi connectivity index (χ3n) is 12.7. The number of benzene rings is 2. The Kier molecular flexibility index (Phi) is 11.5. The molecule has 7 heterocycles. The van der Waals surface area contributed by atoms with Crippen LogP contribution in [0.15, 0.2) is 48.7 Å². The smallest absolute Gasteiger partial charge is 0.262 e. The van der Waals surface area contributed by atoms with Crippen LogP contribution in [0.3, 0.4) is 0 Å². The average molecular weight is 899 g/mol. The van der Waals surface area contributed by atoms with Crippen LogP contribution in [0.5, 0.6) is 0 Å². The van der Waals surface area contributed by atoms with E-state index in [1.807, 2.05) is 11.0 Å². The number of thiazole rings is 1. The molecule has 4 fully saturated rings. The summed E-state index contributed by atoms with van der Waals surface area (Å²) in [6, 6.07) is 10.7. The Morgan fingerprint density at radius 3 is 2.40 bits per heavy atom. The fraction of sp³-hybridized carbons (Fsp3) is 0.442. The molecule has 0 bridgehead atoms. The quantitative estimate of drug-likeness (QED) is 0.183. The summed E-state index contributed by atoms with van der Waals surface area (Å²) in [5, 5.41) is 3.00. The first-order chi connectivity index (χ1) is 30.3. The number of fused-ring (bicyclic) bond motifs is 1. The number of carbonyl (C=O) groups excluding carboxylic acids is 5.